The van der Waals surface area contributed by atoms with Crippen LogP contribution in [-0.4, -0.2) is 52.8 Å². The molecule has 0 saturated carbocycles. The van der Waals surface area contributed by atoms with Gasteiger partial charge in [-0.1, -0.05) is 20.8 Å². The molecule has 0 aromatic carbocycles. The Hall–Kier alpha value is -1.40. The molecule has 1 amide bonds. The predicted molar refractivity (Wildman–Crippen MR) is 112 cm³/mol. The number of thiophene rings is 1. The number of piperazine rings is 1. The van der Waals surface area contributed by atoms with Crippen molar-refractivity contribution in [1.29, 1.82) is 0 Å². The second-order valence-corrected chi connectivity index (χ2v) is 9.44. The van der Waals surface area contributed by atoms with E-state index in [1.807, 2.05) is 16.2 Å². The quantitative estimate of drug-likeness (QED) is 0.727. The van der Waals surface area contributed by atoms with Crippen LogP contribution in [0.25, 0.3) is 10.2 Å². The van der Waals surface area contributed by atoms with Crippen molar-refractivity contribution in [3.8, 4) is 0 Å². The van der Waals surface area contributed by atoms with Crippen LogP contribution in [0.2, 0.25) is 0 Å². The summed E-state index contributed by atoms with van der Waals surface area (Å²) in [6.45, 7) is 9.65. The lowest BCUT2D eigenvalue weighted by Crippen LogP contribution is -2.49. The van der Waals surface area contributed by atoms with E-state index >= 15 is 0 Å². The molecular formula is C20H27ClN4OS. The fraction of sp³-hybridized carbons (Fsp3) is 0.650. The fourth-order valence-electron chi connectivity index (χ4n) is 4.08. The summed E-state index contributed by atoms with van der Waals surface area (Å²) in [6, 6.07) is 0. The van der Waals surface area contributed by atoms with E-state index in [4.69, 9.17) is 21.6 Å². The maximum absolute atomic E-state index is 11.9. The molecule has 1 aliphatic heterocycles. The number of alkyl halides is 1. The lowest BCUT2D eigenvalue weighted by Gasteiger charge is -2.35. The van der Waals surface area contributed by atoms with Crippen LogP contribution in [0.5, 0.6) is 0 Å². The first-order valence-electron chi connectivity index (χ1n) is 9.88. The van der Waals surface area contributed by atoms with E-state index < -0.39 is 0 Å². The minimum Gasteiger partial charge on any atom is -0.352 e. The molecule has 146 valence electrons. The molecule has 1 fully saturated rings. The molecule has 27 heavy (non-hydrogen) atoms. The van der Waals surface area contributed by atoms with Gasteiger partial charge in [0.1, 0.15) is 22.4 Å². The summed E-state index contributed by atoms with van der Waals surface area (Å²) >= 11 is 7.59. The number of rotatable bonds is 3. The summed E-state index contributed by atoms with van der Waals surface area (Å²) in [4.78, 5) is 28.7. The summed E-state index contributed by atoms with van der Waals surface area (Å²) in [5, 5.41) is 1.27. The smallest absolute Gasteiger partial charge is 0.237 e. The van der Waals surface area contributed by atoms with Gasteiger partial charge in [-0.15, -0.1) is 22.9 Å². The van der Waals surface area contributed by atoms with Gasteiger partial charge in [0, 0.05) is 37.0 Å². The lowest BCUT2D eigenvalue weighted by molar-refractivity contribution is -0.128. The number of hydrogen-bond donors (Lipinski definition) is 0. The minimum atomic E-state index is 0.0221. The number of aryl methyl sites for hydroxylation is 1. The zero-order valence-electron chi connectivity index (χ0n) is 16.3. The number of anilines is 1. The number of halogens is 1. The molecule has 2 aliphatic rings. The van der Waals surface area contributed by atoms with Crippen molar-refractivity contribution < 1.29 is 4.79 Å². The number of hydrogen-bond acceptors (Lipinski definition) is 5. The molecule has 1 atom stereocenters. The second kappa shape index (κ2) is 7.55. The van der Waals surface area contributed by atoms with Crippen molar-refractivity contribution in [1.82, 2.24) is 14.9 Å². The Morgan fingerprint density at radius 2 is 2.00 bits per heavy atom. The van der Waals surface area contributed by atoms with Crippen LogP contribution in [0.15, 0.2) is 0 Å². The molecule has 0 N–H and O–H groups in total. The molecular weight excluding hydrogens is 380 g/mol. The summed E-state index contributed by atoms with van der Waals surface area (Å²) in [5.74, 6) is 3.12. The van der Waals surface area contributed by atoms with Gasteiger partial charge in [0.15, 0.2) is 0 Å². The Labute approximate surface area is 169 Å². The molecule has 0 unspecified atom stereocenters. The Morgan fingerprint density at radius 1 is 1.26 bits per heavy atom. The third kappa shape index (κ3) is 3.54. The first-order chi connectivity index (χ1) is 13.0. The highest BCUT2D eigenvalue weighted by Gasteiger charge is 2.28. The highest BCUT2D eigenvalue weighted by molar-refractivity contribution is 7.19. The van der Waals surface area contributed by atoms with Gasteiger partial charge in [0.25, 0.3) is 0 Å². The zero-order valence-corrected chi connectivity index (χ0v) is 17.9. The van der Waals surface area contributed by atoms with Crippen LogP contribution in [0.3, 0.4) is 0 Å². The highest BCUT2D eigenvalue weighted by atomic mass is 35.5. The molecule has 0 radical (unpaired) electrons. The third-order valence-corrected chi connectivity index (χ3v) is 7.09. The van der Waals surface area contributed by atoms with Crippen molar-refractivity contribution >= 4 is 44.9 Å². The summed E-state index contributed by atoms with van der Waals surface area (Å²) < 4.78 is 0. The Morgan fingerprint density at radius 3 is 2.67 bits per heavy atom. The van der Waals surface area contributed by atoms with Crippen LogP contribution < -0.4 is 4.90 Å². The average molecular weight is 407 g/mol. The molecule has 2 aromatic heterocycles. The molecule has 1 saturated heterocycles. The number of aromatic nitrogens is 2. The zero-order chi connectivity index (χ0) is 19.1. The summed E-state index contributed by atoms with van der Waals surface area (Å²) in [7, 11) is 0. The van der Waals surface area contributed by atoms with E-state index in [9.17, 15) is 4.79 Å². The Balaban J connectivity index is 1.74. The molecule has 2 aromatic rings. The number of carbonyl (C=O) groups excluding carboxylic acids is 1. The van der Waals surface area contributed by atoms with Crippen LogP contribution in [0.4, 0.5) is 5.82 Å². The van der Waals surface area contributed by atoms with Gasteiger partial charge >= 0.3 is 0 Å². The van der Waals surface area contributed by atoms with Crippen molar-refractivity contribution in [3.05, 3.63) is 16.3 Å². The van der Waals surface area contributed by atoms with E-state index in [0.29, 0.717) is 19.0 Å². The van der Waals surface area contributed by atoms with Gasteiger partial charge in [-0.25, -0.2) is 9.97 Å². The maximum atomic E-state index is 11.9. The van der Waals surface area contributed by atoms with Crippen LogP contribution in [-0.2, 0) is 17.6 Å². The number of fused-ring (bicyclic) bond motifs is 3. The molecule has 1 aliphatic carbocycles. The van der Waals surface area contributed by atoms with Gasteiger partial charge in [0.2, 0.25) is 5.91 Å². The molecule has 4 rings (SSSR count). The molecule has 0 spiro atoms. The largest absolute Gasteiger partial charge is 0.352 e. The van der Waals surface area contributed by atoms with Crippen molar-refractivity contribution in [2.24, 2.45) is 5.92 Å². The van der Waals surface area contributed by atoms with Gasteiger partial charge in [-0.3, -0.25) is 4.79 Å². The number of carbonyl (C=O) groups is 1. The monoisotopic (exact) mass is 406 g/mol. The average Bonchev–Trinajstić information content (AvgIpc) is 3.04. The first-order valence-corrected chi connectivity index (χ1v) is 11.2. The van der Waals surface area contributed by atoms with E-state index in [0.717, 1.165) is 48.3 Å². The molecule has 7 heteroatoms. The standard InChI is InChI=1S/C20H27ClN4OS/c1-12(2)18-22-19(25-8-6-24(7-9-25)16(26)11-21)17-14-5-4-13(3)10-15(14)27-20(17)23-18/h12-13H,4-11H2,1-3H3/t13-/m1/s1. The van der Waals surface area contributed by atoms with Crippen molar-refractivity contribution in [3.63, 3.8) is 0 Å². The van der Waals surface area contributed by atoms with Gasteiger partial charge < -0.3 is 9.80 Å². The predicted octanol–water partition coefficient (Wildman–Crippen LogP) is 3.83. The van der Waals surface area contributed by atoms with Crippen LogP contribution >= 0.6 is 22.9 Å². The second-order valence-electron chi connectivity index (χ2n) is 8.09. The third-order valence-electron chi connectivity index (χ3n) is 5.72. The van der Waals surface area contributed by atoms with E-state index in [-0.39, 0.29) is 11.8 Å². The molecule has 3 heterocycles. The Bertz CT molecular complexity index is 857. The van der Waals surface area contributed by atoms with E-state index in [1.165, 1.54) is 22.2 Å². The van der Waals surface area contributed by atoms with Crippen LogP contribution in [0, 0.1) is 5.92 Å². The van der Waals surface area contributed by atoms with Gasteiger partial charge in [0.05, 0.1) is 5.39 Å². The molecule has 0 bridgehead atoms. The maximum Gasteiger partial charge on any atom is 0.237 e. The fourth-order valence-corrected chi connectivity index (χ4v) is 5.63. The Kier molecular flexibility index (Phi) is 5.30. The summed E-state index contributed by atoms with van der Waals surface area (Å²) in [5.41, 5.74) is 1.47. The minimum absolute atomic E-state index is 0.0221. The van der Waals surface area contributed by atoms with Crippen LogP contribution in [0.1, 0.15) is 49.4 Å². The lowest BCUT2D eigenvalue weighted by atomic mass is 9.89. The topological polar surface area (TPSA) is 49.3 Å². The SMILES string of the molecule is CC(C)c1nc(N2CCN(C(=O)CCl)CC2)c2c3c(sc2n1)C[C@H](C)CC3. The summed E-state index contributed by atoms with van der Waals surface area (Å²) in [6.07, 6.45) is 3.52. The van der Waals surface area contributed by atoms with E-state index in [2.05, 4.69) is 25.7 Å². The molecule has 5 nitrogen and oxygen atoms in total. The van der Waals surface area contributed by atoms with Gasteiger partial charge in [-0.2, -0.15) is 0 Å². The normalized spacial score (nSPS) is 20.4. The van der Waals surface area contributed by atoms with Crippen molar-refractivity contribution in [2.75, 3.05) is 37.0 Å². The number of nitrogens with zero attached hydrogens (tertiary/aromatic N) is 4. The van der Waals surface area contributed by atoms with Crippen molar-refractivity contribution in [2.45, 2.75) is 46.0 Å². The first kappa shape index (κ1) is 18.9. The number of amides is 1. The highest BCUT2D eigenvalue weighted by Crippen LogP contribution is 2.41. The van der Waals surface area contributed by atoms with Gasteiger partial charge in [-0.05, 0) is 30.7 Å². The van der Waals surface area contributed by atoms with E-state index in [1.54, 1.807) is 0 Å².